The monoisotopic (exact) mass is 278 g/mol. The number of allylic oxidation sites excluding steroid dienone is 3. The van der Waals surface area contributed by atoms with Crippen LogP contribution in [0.3, 0.4) is 0 Å². The van der Waals surface area contributed by atoms with Gasteiger partial charge in [0, 0.05) is 30.9 Å². The number of thioether (sulfide) groups is 1. The van der Waals surface area contributed by atoms with Crippen LogP contribution in [0.25, 0.3) is 0 Å². The average Bonchev–Trinajstić information content (AvgIpc) is 2.37. The van der Waals surface area contributed by atoms with Crippen LogP contribution in [0.5, 0.6) is 0 Å². The van der Waals surface area contributed by atoms with E-state index in [0.717, 1.165) is 10.8 Å². The molecule has 0 amide bonds. The highest BCUT2D eigenvalue weighted by Gasteiger charge is 2.03. The van der Waals surface area contributed by atoms with Crippen LogP contribution in [0.2, 0.25) is 0 Å². The third kappa shape index (κ3) is 4.95. The van der Waals surface area contributed by atoms with Gasteiger partial charge >= 0.3 is 0 Å². The number of nitrogen functional groups attached to an aromatic ring is 1. The fourth-order valence-electron chi connectivity index (χ4n) is 1.83. The van der Waals surface area contributed by atoms with Crippen molar-refractivity contribution >= 4 is 17.6 Å². The number of hydrogen-bond acceptors (Lipinski definition) is 5. The summed E-state index contributed by atoms with van der Waals surface area (Å²) >= 11 is 1.59. The van der Waals surface area contributed by atoms with Crippen LogP contribution in [-0.2, 0) is 0 Å². The smallest absolute Gasteiger partial charge is 0.156 e. The van der Waals surface area contributed by atoms with Gasteiger partial charge in [-0.3, -0.25) is 0 Å². The standard InChI is InChI=1S/C14H22N4S/c1-10(2)12(16-4)11(3)6-5-9-19-14-13(15)17-7-8-18-14/h5-8,10,16H,9H2,1-4H3,(H2,15,17)/b6-5-,12-11+. The Morgan fingerprint density at radius 2 is 2.11 bits per heavy atom. The lowest BCUT2D eigenvalue weighted by Gasteiger charge is -2.13. The molecule has 0 saturated heterocycles. The van der Waals surface area contributed by atoms with Crippen LogP contribution in [0.1, 0.15) is 20.8 Å². The minimum atomic E-state index is 0.492. The first kappa shape index (κ1) is 15.6. The van der Waals surface area contributed by atoms with Gasteiger partial charge in [0.1, 0.15) is 5.03 Å². The van der Waals surface area contributed by atoms with Crippen molar-refractivity contribution in [3.63, 3.8) is 0 Å². The van der Waals surface area contributed by atoms with Gasteiger partial charge in [-0.1, -0.05) is 37.8 Å². The predicted molar refractivity (Wildman–Crippen MR) is 82.9 cm³/mol. The molecule has 104 valence electrons. The second-order valence-corrected chi connectivity index (χ2v) is 5.47. The van der Waals surface area contributed by atoms with E-state index < -0.39 is 0 Å². The van der Waals surface area contributed by atoms with Crippen molar-refractivity contribution in [3.05, 3.63) is 35.8 Å². The van der Waals surface area contributed by atoms with Gasteiger partial charge in [0.15, 0.2) is 5.82 Å². The zero-order valence-corrected chi connectivity index (χ0v) is 12.8. The van der Waals surface area contributed by atoms with Gasteiger partial charge < -0.3 is 11.1 Å². The van der Waals surface area contributed by atoms with E-state index in [-0.39, 0.29) is 0 Å². The van der Waals surface area contributed by atoms with Crippen molar-refractivity contribution in [1.29, 1.82) is 0 Å². The SMILES string of the molecule is CN/C(=C(C)/C=C\CSc1nccnc1N)C(C)C. The molecule has 0 bridgehead atoms. The molecule has 1 aromatic rings. The van der Waals surface area contributed by atoms with Crippen LogP contribution in [0, 0.1) is 5.92 Å². The van der Waals surface area contributed by atoms with Crippen LogP contribution in [0.4, 0.5) is 5.82 Å². The summed E-state index contributed by atoms with van der Waals surface area (Å²) in [6.45, 7) is 6.47. The Morgan fingerprint density at radius 1 is 1.42 bits per heavy atom. The molecule has 0 aliphatic carbocycles. The maximum atomic E-state index is 5.73. The van der Waals surface area contributed by atoms with Crippen LogP contribution < -0.4 is 11.1 Å². The average molecular weight is 278 g/mol. The van der Waals surface area contributed by atoms with Gasteiger partial charge in [0.05, 0.1) is 0 Å². The zero-order valence-electron chi connectivity index (χ0n) is 12.0. The summed E-state index contributed by atoms with van der Waals surface area (Å²) in [5.41, 5.74) is 8.25. The summed E-state index contributed by atoms with van der Waals surface area (Å²) in [4.78, 5) is 8.20. The number of rotatable bonds is 6. The highest BCUT2D eigenvalue weighted by molar-refractivity contribution is 7.99. The Bertz CT molecular complexity index is 466. The molecule has 1 aromatic heterocycles. The Labute approximate surface area is 119 Å². The molecular weight excluding hydrogens is 256 g/mol. The van der Waals surface area contributed by atoms with Crippen molar-refractivity contribution in [1.82, 2.24) is 15.3 Å². The molecule has 0 spiro atoms. The number of anilines is 1. The van der Waals surface area contributed by atoms with E-state index in [9.17, 15) is 0 Å². The molecule has 0 aliphatic heterocycles. The Balaban J connectivity index is 2.58. The maximum absolute atomic E-state index is 5.73. The third-order valence-corrected chi connectivity index (χ3v) is 3.59. The number of nitrogens with zero attached hydrogens (tertiary/aromatic N) is 2. The molecule has 0 fully saturated rings. The molecule has 0 radical (unpaired) electrons. The normalized spacial score (nSPS) is 12.9. The van der Waals surface area contributed by atoms with Gasteiger partial charge in [-0.25, -0.2) is 9.97 Å². The Morgan fingerprint density at radius 3 is 2.68 bits per heavy atom. The number of nitrogens with one attached hydrogen (secondary N) is 1. The molecule has 19 heavy (non-hydrogen) atoms. The molecule has 0 unspecified atom stereocenters. The van der Waals surface area contributed by atoms with Crippen LogP contribution >= 0.6 is 11.8 Å². The van der Waals surface area contributed by atoms with E-state index in [1.165, 1.54) is 11.3 Å². The predicted octanol–water partition coefficient (Wildman–Crippen LogP) is 2.86. The Kier molecular flexibility index (Phi) is 6.42. The van der Waals surface area contributed by atoms with E-state index in [4.69, 9.17) is 5.73 Å². The molecule has 0 aromatic carbocycles. The lowest BCUT2D eigenvalue weighted by molar-refractivity contribution is 0.690. The minimum Gasteiger partial charge on any atom is -0.391 e. The first-order chi connectivity index (χ1) is 9.06. The highest BCUT2D eigenvalue weighted by Crippen LogP contribution is 2.20. The third-order valence-electron chi connectivity index (χ3n) is 2.65. The fraction of sp³-hybridized carbons (Fsp3) is 0.429. The lowest BCUT2D eigenvalue weighted by atomic mass is 10.1. The molecule has 1 heterocycles. The number of aromatic nitrogens is 2. The van der Waals surface area contributed by atoms with Gasteiger partial charge in [0.25, 0.3) is 0 Å². The Hall–Kier alpha value is -1.49. The van der Waals surface area contributed by atoms with Crippen LogP contribution in [0.15, 0.2) is 40.8 Å². The van der Waals surface area contributed by atoms with E-state index in [2.05, 4.69) is 48.2 Å². The first-order valence-electron chi connectivity index (χ1n) is 6.30. The maximum Gasteiger partial charge on any atom is 0.156 e. The van der Waals surface area contributed by atoms with Gasteiger partial charge in [0.2, 0.25) is 0 Å². The summed E-state index contributed by atoms with van der Waals surface area (Å²) in [5, 5.41) is 4.03. The lowest BCUT2D eigenvalue weighted by Crippen LogP contribution is -2.13. The second-order valence-electron chi connectivity index (χ2n) is 4.46. The second kappa shape index (κ2) is 7.84. The molecule has 4 nitrogen and oxygen atoms in total. The summed E-state index contributed by atoms with van der Waals surface area (Å²) in [7, 11) is 1.96. The van der Waals surface area contributed by atoms with Gasteiger partial charge in [-0.2, -0.15) is 0 Å². The zero-order chi connectivity index (χ0) is 14.3. The summed E-state index contributed by atoms with van der Waals surface area (Å²) in [6.07, 6.45) is 7.51. The van der Waals surface area contributed by atoms with Crippen molar-refractivity contribution < 1.29 is 0 Å². The van der Waals surface area contributed by atoms with Crippen LogP contribution in [-0.4, -0.2) is 22.8 Å². The molecule has 0 saturated carbocycles. The minimum absolute atomic E-state index is 0.492. The quantitative estimate of drug-likeness (QED) is 0.619. The number of hydrogen-bond donors (Lipinski definition) is 2. The molecule has 3 N–H and O–H groups in total. The van der Waals surface area contributed by atoms with Gasteiger partial charge in [-0.05, 0) is 18.4 Å². The topological polar surface area (TPSA) is 63.8 Å². The van der Waals surface area contributed by atoms with E-state index >= 15 is 0 Å². The van der Waals surface area contributed by atoms with Crippen molar-refractivity contribution in [2.45, 2.75) is 25.8 Å². The molecule has 0 aliphatic rings. The molecule has 0 atom stereocenters. The van der Waals surface area contributed by atoms with E-state index in [0.29, 0.717) is 11.7 Å². The fourth-order valence-corrected chi connectivity index (χ4v) is 2.52. The molecule has 1 rings (SSSR count). The summed E-state index contributed by atoms with van der Waals surface area (Å²) in [5.74, 6) is 1.82. The molecular formula is C14H22N4S. The largest absolute Gasteiger partial charge is 0.391 e. The summed E-state index contributed by atoms with van der Waals surface area (Å²) in [6, 6.07) is 0. The first-order valence-corrected chi connectivity index (χ1v) is 7.29. The molecule has 5 heteroatoms. The number of nitrogens with two attached hydrogens (primary N) is 1. The summed E-state index contributed by atoms with van der Waals surface area (Å²) < 4.78 is 0. The van der Waals surface area contributed by atoms with Crippen molar-refractivity contribution in [3.8, 4) is 0 Å². The van der Waals surface area contributed by atoms with Crippen molar-refractivity contribution in [2.75, 3.05) is 18.5 Å². The van der Waals surface area contributed by atoms with Crippen molar-refractivity contribution in [2.24, 2.45) is 5.92 Å². The van der Waals surface area contributed by atoms with E-state index in [1.807, 2.05) is 7.05 Å². The van der Waals surface area contributed by atoms with E-state index in [1.54, 1.807) is 24.2 Å². The van der Waals surface area contributed by atoms with Gasteiger partial charge in [-0.15, -0.1) is 0 Å². The highest BCUT2D eigenvalue weighted by atomic mass is 32.2.